The van der Waals surface area contributed by atoms with Crippen LogP contribution in [0.5, 0.6) is 0 Å². The van der Waals surface area contributed by atoms with Gasteiger partial charge in [-0.05, 0) is 6.07 Å². The Labute approximate surface area is 78.3 Å². The first-order valence-electron chi connectivity index (χ1n) is 3.97. The lowest BCUT2D eigenvalue weighted by atomic mass is 10.3. The molecule has 2 rings (SSSR count). The van der Waals surface area contributed by atoms with Gasteiger partial charge in [-0.1, -0.05) is 0 Å². The predicted molar refractivity (Wildman–Crippen MR) is 46.3 cm³/mol. The zero-order valence-corrected chi connectivity index (χ0v) is 7.05. The normalized spacial score (nSPS) is 18.9. The minimum absolute atomic E-state index is 0.321. The molecule has 0 saturated carbocycles. The maximum atomic E-state index is 12.9. The number of aromatic nitrogens is 1. The number of anilines is 2. The molecular formula is C8H7F2N3O. The average Bonchev–Trinajstić information content (AvgIpc) is 2.26. The number of pyridine rings is 1. The summed E-state index contributed by atoms with van der Waals surface area (Å²) in [5.41, 5.74) is 0.722. The Morgan fingerprint density at radius 1 is 1.43 bits per heavy atom. The fourth-order valence-corrected chi connectivity index (χ4v) is 1.14. The molecule has 0 aliphatic carbocycles. The third-order valence-corrected chi connectivity index (χ3v) is 1.90. The summed E-state index contributed by atoms with van der Waals surface area (Å²) < 4.78 is 25.9. The monoisotopic (exact) mass is 199 g/mol. The summed E-state index contributed by atoms with van der Waals surface area (Å²) in [6.07, 6.45) is 2.81. The van der Waals surface area contributed by atoms with Crippen LogP contribution in [0.15, 0.2) is 18.5 Å². The minimum Gasteiger partial charge on any atom is -0.375 e. The zero-order chi connectivity index (χ0) is 10.2. The third-order valence-electron chi connectivity index (χ3n) is 1.90. The molecule has 0 radical (unpaired) electrons. The molecule has 4 nitrogen and oxygen atoms in total. The number of hydrogen-bond acceptors (Lipinski definition) is 3. The molecule has 1 amide bonds. The Morgan fingerprint density at radius 2 is 2.21 bits per heavy atom. The highest BCUT2D eigenvalue weighted by Crippen LogP contribution is 2.27. The van der Waals surface area contributed by atoms with Crippen molar-refractivity contribution in [1.82, 2.24) is 4.98 Å². The summed E-state index contributed by atoms with van der Waals surface area (Å²) in [7, 11) is 0. The molecular weight excluding hydrogens is 192 g/mol. The molecule has 1 aromatic rings. The highest BCUT2D eigenvalue weighted by molar-refractivity contribution is 6.00. The van der Waals surface area contributed by atoms with E-state index >= 15 is 0 Å². The van der Waals surface area contributed by atoms with Gasteiger partial charge >= 0.3 is 5.92 Å². The first kappa shape index (κ1) is 8.86. The Hall–Kier alpha value is -1.72. The average molecular weight is 199 g/mol. The van der Waals surface area contributed by atoms with Gasteiger partial charge in [-0.3, -0.25) is 9.78 Å². The van der Waals surface area contributed by atoms with Crippen molar-refractivity contribution >= 4 is 17.3 Å². The second-order valence-electron chi connectivity index (χ2n) is 2.93. The number of halogens is 2. The van der Waals surface area contributed by atoms with E-state index in [2.05, 4.69) is 15.6 Å². The van der Waals surface area contributed by atoms with Gasteiger partial charge in [-0.15, -0.1) is 0 Å². The van der Waals surface area contributed by atoms with E-state index in [0.717, 1.165) is 0 Å². The molecule has 6 heteroatoms. The molecule has 0 atom stereocenters. The van der Waals surface area contributed by atoms with E-state index in [1.807, 2.05) is 0 Å². The molecule has 1 aliphatic heterocycles. The number of fused-ring (bicyclic) bond motifs is 1. The molecule has 0 unspecified atom stereocenters. The molecule has 0 fully saturated rings. The molecule has 74 valence electrons. The standard InChI is InChI=1S/C8H7F2N3O/c9-8(10)4-12-6-3-11-2-1-5(6)13-7(8)14/h1-3,12H,4H2,(H,13,14). The number of hydrogen-bond donors (Lipinski definition) is 2. The van der Waals surface area contributed by atoms with E-state index in [9.17, 15) is 13.6 Å². The van der Waals surface area contributed by atoms with Gasteiger partial charge in [0.2, 0.25) is 0 Å². The molecule has 0 saturated heterocycles. The lowest BCUT2D eigenvalue weighted by Gasteiger charge is -2.10. The Kier molecular flexibility index (Phi) is 1.83. The zero-order valence-electron chi connectivity index (χ0n) is 7.05. The molecule has 1 aromatic heterocycles. The number of carbonyl (C=O) groups excluding carboxylic acids is 1. The molecule has 14 heavy (non-hydrogen) atoms. The van der Waals surface area contributed by atoms with Crippen LogP contribution in [-0.2, 0) is 4.79 Å². The molecule has 0 aromatic carbocycles. The van der Waals surface area contributed by atoms with Crippen molar-refractivity contribution in [2.45, 2.75) is 5.92 Å². The maximum absolute atomic E-state index is 12.9. The summed E-state index contributed by atoms with van der Waals surface area (Å²) in [4.78, 5) is 14.7. The Bertz CT molecular complexity index is 381. The van der Waals surface area contributed by atoms with Crippen LogP contribution in [-0.4, -0.2) is 23.4 Å². The lowest BCUT2D eigenvalue weighted by Crippen LogP contribution is -2.38. The molecule has 1 aliphatic rings. The van der Waals surface area contributed by atoms with Crippen molar-refractivity contribution in [3.63, 3.8) is 0 Å². The first-order valence-corrected chi connectivity index (χ1v) is 3.97. The molecule has 0 spiro atoms. The minimum atomic E-state index is -3.39. The van der Waals surface area contributed by atoms with Crippen molar-refractivity contribution in [2.75, 3.05) is 17.2 Å². The second-order valence-corrected chi connectivity index (χ2v) is 2.93. The third kappa shape index (κ3) is 1.39. The number of rotatable bonds is 0. The smallest absolute Gasteiger partial charge is 0.341 e. The summed E-state index contributed by atoms with van der Waals surface area (Å²) in [6, 6.07) is 1.46. The van der Waals surface area contributed by atoms with Crippen molar-refractivity contribution in [1.29, 1.82) is 0 Å². The van der Waals surface area contributed by atoms with Gasteiger partial charge in [-0.2, -0.15) is 8.78 Å². The van der Waals surface area contributed by atoms with Crippen molar-refractivity contribution in [3.05, 3.63) is 18.5 Å². The molecule has 2 heterocycles. The number of nitrogens with one attached hydrogen (secondary N) is 2. The fraction of sp³-hybridized carbons (Fsp3) is 0.250. The van der Waals surface area contributed by atoms with Crippen LogP contribution in [0.3, 0.4) is 0 Å². The van der Waals surface area contributed by atoms with Crippen molar-refractivity contribution < 1.29 is 13.6 Å². The van der Waals surface area contributed by atoms with Crippen molar-refractivity contribution in [3.8, 4) is 0 Å². The predicted octanol–water partition coefficient (Wildman–Crippen LogP) is 1.08. The van der Waals surface area contributed by atoms with Gasteiger partial charge in [-0.25, -0.2) is 0 Å². The highest BCUT2D eigenvalue weighted by atomic mass is 19.3. The maximum Gasteiger partial charge on any atom is 0.341 e. The number of nitrogens with zero attached hydrogens (tertiary/aromatic N) is 1. The summed E-state index contributed by atoms with van der Waals surface area (Å²) in [6.45, 7) is -0.711. The van der Waals surface area contributed by atoms with Gasteiger partial charge in [0.1, 0.15) is 0 Å². The van der Waals surface area contributed by atoms with Crippen LogP contribution >= 0.6 is 0 Å². The second kappa shape index (κ2) is 2.90. The Morgan fingerprint density at radius 3 is 3.00 bits per heavy atom. The summed E-state index contributed by atoms with van der Waals surface area (Å²) in [5, 5.41) is 4.57. The van der Waals surface area contributed by atoms with Crippen molar-refractivity contribution in [2.24, 2.45) is 0 Å². The lowest BCUT2D eigenvalue weighted by molar-refractivity contribution is -0.137. The molecule has 0 bridgehead atoms. The van der Waals surface area contributed by atoms with Gasteiger partial charge < -0.3 is 10.6 Å². The van der Waals surface area contributed by atoms with E-state index in [1.54, 1.807) is 0 Å². The van der Waals surface area contributed by atoms with E-state index in [0.29, 0.717) is 11.4 Å². The van der Waals surface area contributed by atoms with Crippen LogP contribution in [0, 0.1) is 0 Å². The van der Waals surface area contributed by atoms with E-state index < -0.39 is 18.4 Å². The van der Waals surface area contributed by atoms with E-state index in [-0.39, 0.29) is 0 Å². The number of amides is 1. The van der Waals surface area contributed by atoms with Crippen LogP contribution in [0.4, 0.5) is 20.2 Å². The Balaban J connectivity index is 2.38. The summed E-state index contributed by atoms with van der Waals surface area (Å²) in [5.74, 6) is -4.69. The van der Waals surface area contributed by atoms with Gasteiger partial charge in [0, 0.05) is 6.20 Å². The first-order chi connectivity index (χ1) is 6.59. The van der Waals surface area contributed by atoms with Crippen LogP contribution in [0.1, 0.15) is 0 Å². The quantitative estimate of drug-likeness (QED) is 0.657. The van der Waals surface area contributed by atoms with Gasteiger partial charge in [0.25, 0.3) is 5.91 Å². The van der Waals surface area contributed by atoms with Crippen LogP contribution in [0.25, 0.3) is 0 Å². The van der Waals surface area contributed by atoms with Gasteiger partial charge in [0.15, 0.2) is 0 Å². The van der Waals surface area contributed by atoms with Crippen LogP contribution < -0.4 is 10.6 Å². The molecule has 2 N–H and O–H groups in total. The summed E-state index contributed by atoms with van der Waals surface area (Å²) >= 11 is 0. The largest absolute Gasteiger partial charge is 0.375 e. The number of alkyl halides is 2. The fourth-order valence-electron chi connectivity index (χ4n) is 1.14. The highest BCUT2D eigenvalue weighted by Gasteiger charge is 2.40. The van der Waals surface area contributed by atoms with E-state index in [1.165, 1.54) is 18.5 Å². The van der Waals surface area contributed by atoms with Crippen LogP contribution in [0.2, 0.25) is 0 Å². The SMILES string of the molecule is O=C1Nc2ccncc2NCC1(F)F. The topological polar surface area (TPSA) is 54.0 Å². The van der Waals surface area contributed by atoms with Gasteiger partial charge in [0.05, 0.1) is 24.1 Å². The van der Waals surface area contributed by atoms with E-state index in [4.69, 9.17) is 0 Å². The number of carbonyl (C=O) groups is 1.